The molecule has 2 rings (SSSR count). The molecule has 0 heterocycles. The molecule has 2 aromatic carbocycles. The largest absolute Gasteiger partial charge is 0.496 e. The average molecular weight is 352 g/mol. The molecule has 2 amide bonds. The first-order valence-corrected chi connectivity index (χ1v) is 7.83. The molecule has 4 N–H and O–H groups in total. The number of primary amides is 2. The maximum absolute atomic E-state index is 10.9. The predicted molar refractivity (Wildman–Crippen MR) is 100 cm³/mol. The standard InChI is InChI=1S/C20H20N2O4/c1-25-18-9-4-15(6-11-20(22)24)12-16(18)13-26-17-7-2-14(3-8-17)5-10-19(21)23/h2-12H,13H2,1H3,(H2,21,23)(H2,22,24)/b10-5-,11-6-. The monoisotopic (exact) mass is 352 g/mol. The molecule has 0 saturated heterocycles. The van der Waals surface area contributed by atoms with Crippen molar-refractivity contribution in [1.29, 1.82) is 0 Å². The van der Waals surface area contributed by atoms with Gasteiger partial charge in [0.05, 0.1) is 7.11 Å². The van der Waals surface area contributed by atoms with Crippen molar-refractivity contribution >= 4 is 24.0 Å². The van der Waals surface area contributed by atoms with Gasteiger partial charge in [0.2, 0.25) is 11.8 Å². The van der Waals surface area contributed by atoms with Crippen LogP contribution in [0.15, 0.2) is 54.6 Å². The van der Waals surface area contributed by atoms with E-state index in [2.05, 4.69) is 0 Å². The lowest BCUT2D eigenvalue weighted by atomic mass is 10.1. The van der Waals surface area contributed by atoms with E-state index in [-0.39, 0.29) is 6.61 Å². The Morgan fingerprint density at radius 3 is 2.08 bits per heavy atom. The van der Waals surface area contributed by atoms with Crippen LogP contribution in [0.3, 0.4) is 0 Å². The van der Waals surface area contributed by atoms with Crippen molar-refractivity contribution in [3.05, 3.63) is 71.3 Å². The van der Waals surface area contributed by atoms with Gasteiger partial charge in [0, 0.05) is 17.7 Å². The summed E-state index contributed by atoms with van der Waals surface area (Å²) in [6.45, 7) is 0.290. The topological polar surface area (TPSA) is 105 Å². The molecular weight excluding hydrogens is 332 g/mol. The van der Waals surface area contributed by atoms with Crippen molar-refractivity contribution in [2.75, 3.05) is 7.11 Å². The minimum Gasteiger partial charge on any atom is -0.496 e. The maximum atomic E-state index is 10.9. The fourth-order valence-electron chi connectivity index (χ4n) is 2.21. The summed E-state index contributed by atoms with van der Waals surface area (Å²) in [5.74, 6) is 0.343. The molecular formula is C20H20N2O4. The highest BCUT2D eigenvalue weighted by molar-refractivity contribution is 5.90. The molecule has 6 heteroatoms. The molecule has 0 fully saturated rings. The Morgan fingerprint density at radius 1 is 0.923 bits per heavy atom. The van der Waals surface area contributed by atoms with Gasteiger partial charge in [0.1, 0.15) is 18.1 Å². The zero-order valence-corrected chi connectivity index (χ0v) is 14.3. The van der Waals surface area contributed by atoms with Gasteiger partial charge in [-0.1, -0.05) is 18.2 Å². The zero-order valence-electron chi connectivity index (χ0n) is 14.3. The van der Waals surface area contributed by atoms with Crippen LogP contribution in [0.2, 0.25) is 0 Å². The molecule has 0 spiro atoms. The highest BCUT2D eigenvalue weighted by Crippen LogP contribution is 2.23. The van der Waals surface area contributed by atoms with Crippen molar-refractivity contribution < 1.29 is 19.1 Å². The summed E-state index contributed by atoms with van der Waals surface area (Å²) in [6, 6.07) is 12.7. The first-order chi connectivity index (χ1) is 12.5. The van der Waals surface area contributed by atoms with Crippen LogP contribution in [0.1, 0.15) is 16.7 Å². The van der Waals surface area contributed by atoms with Crippen LogP contribution < -0.4 is 20.9 Å². The van der Waals surface area contributed by atoms with E-state index in [1.54, 1.807) is 37.5 Å². The molecule has 0 radical (unpaired) electrons. The van der Waals surface area contributed by atoms with Gasteiger partial charge in [-0.3, -0.25) is 9.59 Å². The van der Waals surface area contributed by atoms with Crippen molar-refractivity contribution in [3.8, 4) is 11.5 Å². The Hall–Kier alpha value is -3.54. The molecule has 26 heavy (non-hydrogen) atoms. The molecule has 0 saturated carbocycles. The van der Waals surface area contributed by atoms with E-state index in [9.17, 15) is 9.59 Å². The summed E-state index contributed by atoms with van der Waals surface area (Å²) in [5, 5.41) is 0. The number of ether oxygens (including phenoxy) is 2. The fourth-order valence-corrected chi connectivity index (χ4v) is 2.21. The van der Waals surface area contributed by atoms with E-state index >= 15 is 0 Å². The molecule has 0 aromatic heterocycles. The highest BCUT2D eigenvalue weighted by Gasteiger charge is 2.05. The van der Waals surface area contributed by atoms with Crippen LogP contribution in [-0.4, -0.2) is 18.9 Å². The van der Waals surface area contributed by atoms with Gasteiger partial charge in [-0.2, -0.15) is 0 Å². The number of benzene rings is 2. The van der Waals surface area contributed by atoms with Gasteiger partial charge < -0.3 is 20.9 Å². The molecule has 0 aliphatic rings. The lowest BCUT2D eigenvalue weighted by Gasteiger charge is -2.11. The Bertz CT molecular complexity index is 839. The Morgan fingerprint density at radius 2 is 1.50 bits per heavy atom. The number of carbonyl (C=O) groups excluding carboxylic acids is 2. The number of methoxy groups -OCH3 is 1. The second kappa shape index (κ2) is 9.08. The zero-order chi connectivity index (χ0) is 18.9. The maximum Gasteiger partial charge on any atom is 0.241 e. The van der Waals surface area contributed by atoms with Gasteiger partial charge in [0.15, 0.2) is 0 Å². The first kappa shape index (κ1) is 18.8. The second-order valence-electron chi connectivity index (χ2n) is 5.40. The van der Waals surface area contributed by atoms with Crippen molar-refractivity contribution in [2.24, 2.45) is 11.5 Å². The number of carbonyl (C=O) groups is 2. The molecule has 0 unspecified atom stereocenters. The fraction of sp³-hybridized carbons (Fsp3) is 0.100. The Kier molecular flexibility index (Phi) is 6.56. The van der Waals surface area contributed by atoms with Crippen molar-refractivity contribution in [2.45, 2.75) is 6.61 Å². The minimum atomic E-state index is -0.510. The van der Waals surface area contributed by atoms with Crippen LogP contribution in [0.25, 0.3) is 12.2 Å². The van der Waals surface area contributed by atoms with E-state index < -0.39 is 11.8 Å². The van der Waals surface area contributed by atoms with Gasteiger partial charge in [-0.05, 0) is 47.5 Å². The summed E-state index contributed by atoms with van der Waals surface area (Å²) >= 11 is 0. The smallest absolute Gasteiger partial charge is 0.241 e. The first-order valence-electron chi connectivity index (χ1n) is 7.83. The normalized spacial score (nSPS) is 11.0. The van der Waals surface area contributed by atoms with E-state index in [1.165, 1.54) is 12.2 Å². The van der Waals surface area contributed by atoms with E-state index in [0.29, 0.717) is 11.5 Å². The van der Waals surface area contributed by atoms with Crippen LogP contribution >= 0.6 is 0 Å². The molecule has 6 nitrogen and oxygen atoms in total. The highest BCUT2D eigenvalue weighted by atomic mass is 16.5. The van der Waals surface area contributed by atoms with E-state index in [1.807, 2.05) is 24.3 Å². The van der Waals surface area contributed by atoms with Crippen molar-refractivity contribution in [1.82, 2.24) is 0 Å². The molecule has 0 aliphatic carbocycles. The van der Waals surface area contributed by atoms with Gasteiger partial charge in [-0.25, -0.2) is 0 Å². The van der Waals surface area contributed by atoms with Crippen LogP contribution in [0, 0.1) is 0 Å². The number of nitrogens with two attached hydrogens (primary N) is 2. The van der Waals surface area contributed by atoms with Crippen LogP contribution in [-0.2, 0) is 16.2 Å². The number of hydrogen-bond donors (Lipinski definition) is 2. The minimum absolute atomic E-state index is 0.290. The predicted octanol–water partition coefficient (Wildman–Crippen LogP) is 2.27. The summed E-state index contributed by atoms with van der Waals surface area (Å²) in [7, 11) is 1.58. The van der Waals surface area contributed by atoms with Crippen LogP contribution in [0.4, 0.5) is 0 Å². The molecule has 134 valence electrons. The summed E-state index contributed by atoms with van der Waals surface area (Å²) < 4.78 is 11.1. The quantitative estimate of drug-likeness (QED) is 0.711. The molecule has 2 aromatic rings. The van der Waals surface area contributed by atoms with Crippen LogP contribution in [0.5, 0.6) is 11.5 Å². The summed E-state index contributed by atoms with van der Waals surface area (Å²) in [6.07, 6.45) is 5.85. The third-order valence-electron chi connectivity index (χ3n) is 3.46. The van der Waals surface area contributed by atoms with E-state index in [4.69, 9.17) is 20.9 Å². The lowest BCUT2D eigenvalue weighted by Crippen LogP contribution is -2.05. The Labute approximate surface area is 151 Å². The number of hydrogen-bond acceptors (Lipinski definition) is 4. The lowest BCUT2D eigenvalue weighted by molar-refractivity contribution is -0.114. The third kappa shape index (κ3) is 5.83. The summed E-state index contributed by atoms with van der Waals surface area (Å²) in [4.78, 5) is 21.6. The van der Waals surface area contributed by atoms with Gasteiger partial charge in [0.25, 0.3) is 0 Å². The van der Waals surface area contributed by atoms with E-state index in [0.717, 1.165) is 16.7 Å². The Balaban J connectivity index is 2.09. The number of amides is 2. The SMILES string of the molecule is COc1ccc(/C=C\C(N)=O)cc1COc1ccc(/C=C\C(N)=O)cc1. The average Bonchev–Trinajstić information content (AvgIpc) is 2.63. The molecule has 0 aliphatic heterocycles. The third-order valence-corrected chi connectivity index (χ3v) is 3.46. The van der Waals surface area contributed by atoms with Crippen molar-refractivity contribution in [3.63, 3.8) is 0 Å². The summed E-state index contributed by atoms with van der Waals surface area (Å²) in [5.41, 5.74) is 12.7. The van der Waals surface area contributed by atoms with Gasteiger partial charge in [-0.15, -0.1) is 0 Å². The molecule has 0 bridgehead atoms. The second-order valence-corrected chi connectivity index (χ2v) is 5.40. The van der Waals surface area contributed by atoms with Gasteiger partial charge >= 0.3 is 0 Å². The molecule has 0 atom stereocenters. The number of rotatable bonds is 8.